The van der Waals surface area contributed by atoms with Crippen LogP contribution in [0.3, 0.4) is 0 Å². The number of aliphatic hydroxyl groups excluding tert-OH is 3. The van der Waals surface area contributed by atoms with E-state index in [1.807, 2.05) is 20.8 Å². The number of carbonyl (C=O) groups is 3. The number of benzene rings is 6. The molecule has 6 aromatic carbocycles. The largest absolute Gasteiger partial charge is 0.493 e. The summed E-state index contributed by atoms with van der Waals surface area (Å²) >= 11 is 0. The molecule has 0 bridgehead atoms. The molecule has 0 amide bonds. The van der Waals surface area contributed by atoms with Crippen LogP contribution in [0, 0.1) is 17.5 Å². The van der Waals surface area contributed by atoms with Crippen LogP contribution in [0.25, 0.3) is 33.8 Å². The Bertz CT molecular complexity index is 5100. The van der Waals surface area contributed by atoms with Crippen molar-refractivity contribution < 1.29 is 105 Å². The van der Waals surface area contributed by atoms with E-state index in [4.69, 9.17) is 59.1 Å². The van der Waals surface area contributed by atoms with Gasteiger partial charge in [0.25, 0.3) is 0 Å². The zero-order chi connectivity index (χ0) is 86.0. The summed E-state index contributed by atoms with van der Waals surface area (Å²) in [5.41, 5.74) is 10.8. The highest BCUT2D eigenvalue weighted by Crippen LogP contribution is 2.50. The number of ketones is 3. The smallest absolute Gasteiger partial charge is 0.163 e. The van der Waals surface area contributed by atoms with Crippen molar-refractivity contribution in [3.63, 3.8) is 0 Å². The highest BCUT2D eigenvalue weighted by Gasteiger charge is 2.48. The Morgan fingerprint density at radius 1 is 0.442 bits per heavy atom. The van der Waals surface area contributed by atoms with E-state index in [0.29, 0.717) is 119 Å². The third kappa shape index (κ3) is 19.6. The van der Waals surface area contributed by atoms with Crippen molar-refractivity contribution >= 4 is 28.3 Å². The standard InChI is InChI=1S/C33H39FN2O7S.2C29H31FN2O6/c1-31(2,3)44(40)36-33(18-37)19-42-30-24(33)17-28(35-29(30)20-6-9-22(34)10-7-20)32(4,39)15-14-25(38)21-8-13-26(27(16-21)41-5)43-23-11-12-23;2*1-28(35,12-11-22(34)18-5-10-23(24(13-18)36-2)38-20-8-9-20)25-14-21-27(37-16-29(21,31)15-33)26(32-25)17-3-6-19(30)7-4-17/h6-10,13,16-17,23,36-37,39H,11-12,14-15,18-19H2,1-5H3;2*3-7,10,13-14,20,33,35H,8-9,11-12,15-16,31H2,1-2H3/t;2*28-,29?/m.10/s1. The van der Waals surface area contributed by atoms with Gasteiger partial charge in [0.1, 0.15) is 87.8 Å². The SMILES string of the molecule is COc1cc(C(=O)CCC(C)(O)c2cc3c(c(-c4ccc(F)cc4)n2)OCC3(CO)NS(=O)C(C)(C)C)ccc1OC1CC1.COc1cc(C(=O)CC[C@@](C)(O)c2cc3c(c(-c4ccc(F)cc4)n2)OCC3(N)CO)ccc1OC1CC1.COc1cc(C(=O)CC[C@](C)(O)c2cc3c(c(-c4ccc(F)cc4)n2)OCC3(N)CO)ccc1OC1CC1. The van der Waals surface area contributed by atoms with Crippen molar-refractivity contribution in [2.45, 2.75) is 175 Å². The van der Waals surface area contributed by atoms with Gasteiger partial charge in [-0.2, -0.15) is 0 Å². The second kappa shape index (κ2) is 35.3. The summed E-state index contributed by atoms with van der Waals surface area (Å²) in [4.78, 5) is 53.4. The Balaban J connectivity index is 0.000000156. The molecule has 0 spiro atoms. The molecule has 29 heteroatoms. The Hall–Kier alpha value is -10.4. The quantitative estimate of drug-likeness (QED) is 0.0177. The molecule has 7 atom stereocenters. The topological polar surface area (TPSA) is 375 Å². The fourth-order valence-electron chi connectivity index (χ4n) is 13.8. The third-order valence-electron chi connectivity index (χ3n) is 22.0. The molecule has 25 nitrogen and oxygen atoms in total. The summed E-state index contributed by atoms with van der Waals surface area (Å²) in [6.07, 6.45) is 6.83. The molecule has 120 heavy (non-hydrogen) atoms. The second-order valence-electron chi connectivity index (χ2n) is 33.1. The van der Waals surface area contributed by atoms with Crippen LogP contribution < -0.4 is 58.8 Å². The van der Waals surface area contributed by atoms with Crippen LogP contribution in [0.5, 0.6) is 51.7 Å². The van der Waals surface area contributed by atoms with Crippen LogP contribution in [0.2, 0.25) is 0 Å². The first-order chi connectivity index (χ1) is 57.0. The molecule has 15 rings (SSSR count). The molecule has 3 saturated carbocycles. The average Bonchev–Trinajstić information content (AvgIpc) is 1.55. The molecular formula is C91H101F3N6O19S. The number of ether oxygens (including phenoxy) is 9. The summed E-state index contributed by atoms with van der Waals surface area (Å²) in [6, 6.07) is 37.2. The molecule has 5 unspecified atom stereocenters. The number of hydrogen-bond acceptors (Lipinski definition) is 24. The van der Waals surface area contributed by atoms with Gasteiger partial charge in [0.05, 0.1) is 92.3 Å². The Morgan fingerprint density at radius 2 is 0.733 bits per heavy atom. The fourth-order valence-corrected chi connectivity index (χ4v) is 14.7. The number of aliphatic hydroxyl groups is 6. The van der Waals surface area contributed by atoms with Crippen LogP contribution in [0.1, 0.15) is 183 Å². The number of nitrogens with two attached hydrogens (primary N) is 2. The number of rotatable bonds is 32. The van der Waals surface area contributed by atoms with Crippen molar-refractivity contribution in [1.82, 2.24) is 19.7 Å². The summed E-state index contributed by atoms with van der Waals surface area (Å²) in [5, 5.41) is 65.2. The number of nitrogens with one attached hydrogen (secondary N) is 1. The maximum absolute atomic E-state index is 13.8. The molecule has 9 aromatic rings. The number of nitrogens with zero attached hydrogens (tertiary/aromatic N) is 3. The van der Waals surface area contributed by atoms with Gasteiger partial charge in [-0.05, 0) is 245 Å². The normalized spacial score (nSPS) is 19.9. The molecule has 3 aliphatic carbocycles. The molecule has 3 aromatic heterocycles. The minimum atomic E-state index is -1.59. The number of halogens is 3. The number of pyridine rings is 3. The van der Waals surface area contributed by atoms with E-state index >= 15 is 0 Å². The third-order valence-corrected chi connectivity index (χ3v) is 23.7. The minimum Gasteiger partial charge on any atom is -0.493 e. The summed E-state index contributed by atoms with van der Waals surface area (Å²) in [7, 11) is 3.00. The van der Waals surface area contributed by atoms with E-state index in [-0.39, 0.29) is 124 Å². The molecule has 11 N–H and O–H groups in total. The first-order valence-corrected chi connectivity index (χ1v) is 40.9. The van der Waals surface area contributed by atoms with E-state index in [1.165, 1.54) is 57.7 Å². The maximum Gasteiger partial charge on any atom is 0.163 e. The number of fused-ring (bicyclic) bond motifs is 3. The minimum absolute atomic E-state index is 0.00242. The van der Waals surface area contributed by atoms with Crippen molar-refractivity contribution in [1.29, 1.82) is 0 Å². The van der Waals surface area contributed by atoms with Crippen molar-refractivity contribution in [3.05, 3.63) is 214 Å². The first-order valence-electron chi connectivity index (χ1n) is 39.8. The van der Waals surface area contributed by atoms with E-state index in [0.717, 1.165) is 38.5 Å². The molecule has 3 fully saturated rings. The van der Waals surface area contributed by atoms with E-state index in [1.54, 1.807) is 130 Å². The van der Waals surface area contributed by atoms with Crippen LogP contribution in [-0.4, -0.2) is 151 Å². The number of methoxy groups -OCH3 is 3. The van der Waals surface area contributed by atoms with Gasteiger partial charge in [0.15, 0.2) is 69.1 Å². The molecule has 3 aliphatic heterocycles. The molecular weight excluding hydrogens is 1570 g/mol. The van der Waals surface area contributed by atoms with Gasteiger partial charge in [-0.15, -0.1) is 0 Å². The van der Waals surface area contributed by atoms with Gasteiger partial charge in [0.2, 0.25) is 0 Å². The van der Waals surface area contributed by atoms with Gasteiger partial charge in [-0.3, -0.25) is 14.4 Å². The Labute approximate surface area is 696 Å². The average molecular weight is 1670 g/mol. The van der Waals surface area contributed by atoms with Crippen molar-refractivity contribution in [3.8, 4) is 85.5 Å². The predicted octanol–water partition coefficient (Wildman–Crippen LogP) is 12.6. The monoisotopic (exact) mass is 1670 g/mol. The van der Waals surface area contributed by atoms with Gasteiger partial charge in [0, 0.05) is 69.3 Å². The van der Waals surface area contributed by atoms with Crippen LogP contribution >= 0.6 is 0 Å². The van der Waals surface area contributed by atoms with E-state index in [9.17, 15) is 62.4 Å². The van der Waals surface area contributed by atoms with Crippen molar-refractivity contribution in [2.24, 2.45) is 11.5 Å². The number of carbonyl (C=O) groups excluding carboxylic acids is 3. The molecule has 6 heterocycles. The number of aromatic nitrogens is 3. The lowest BCUT2D eigenvalue weighted by Crippen LogP contribution is -2.51. The van der Waals surface area contributed by atoms with E-state index < -0.39 is 73.2 Å². The number of Topliss-reactive ketones (excluding diaryl/α,β-unsaturated/α-hetero) is 3. The molecule has 0 radical (unpaired) electrons. The molecule has 636 valence electrons. The zero-order valence-corrected chi connectivity index (χ0v) is 69.2. The highest BCUT2D eigenvalue weighted by atomic mass is 32.2. The zero-order valence-electron chi connectivity index (χ0n) is 68.3. The van der Waals surface area contributed by atoms with Gasteiger partial charge in [-0.25, -0.2) is 37.1 Å². The Morgan fingerprint density at radius 3 is 1.01 bits per heavy atom. The Kier molecular flexibility index (Phi) is 25.7. The lowest BCUT2D eigenvalue weighted by atomic mass is 9.87. The number of hydrogen-bond donors (Lipinski definition) is 9. The van der Waals surface area contributed by atoms with Crippen LogP contribution in [0.15, 0.2) is 146 Å². The van der Waals surface area contributed by atoms with Crippen molar-refractivity contribution in [2.75, 3.05) is 61.0 Å². The molecule has 6 aliphatic rings. The summed E-state index contributed by atoms with van der Waals surface area (Å²) in [5.74, 6) is 2.56. The van der Waals surface area contributed by atoms with Gasteiger partial charge < -0.3 is 84.7 Å². The summed E-state index contributed by atoms with van der Waals surface area (Å²) < 4.78 is 108. The predicted molar refractivity (Wildman–Crippen MR) is 440 cm³/mol. The highest BCUT2D eigenvalue weighted by molar-refractivity contribution is 7.84. The van der Waals surface area contributed by atoms with Crippen LogP contribution in [0.4, 0.5) is 13.2 Å². The maximum atomic E-state index is 13.8. The van der Waals surface area contributed by atoms with Crippen LogP contribution in [-0.2, 0) is 44.4 Å². The molecule has 0 saturated heterocycles. The van der Waals surface area contributed by atoms with Gasteiger partial charge >= 0.3 is 0 Å². The van der Waals surface area contributed by atoms with E-state index in [2.05, 4.69) is 14.7 Å². The second-order valence-corrected chi connectivity index (χ2v) is 35.0. The summed E-state index contributed by atoms with van der Waals surface area (Å²) in [6.45, 7) is 8.95. The lowest BCUT2D eigenvalue weighted by molar-refractivity contribution is 0.0395. The van der Waals surface area contributed by atoms with Gasteiger partial charge in [-0.1, -0.05) is 0 Å². The lowest BCUT2D eigenvalue weighted by Gasteiger charge is -2.31. The first kappa shape index (κ1) is 87.4. The fraction of sp³-hybridized carbons (Fsp3) is 0.407.